The van der Waals surface area contributed by atoms with E-state index in [9.17, 15) is 9.50 Å². The van der Waals surface area contributed by atoms with E-state index in [1.54, 1.807) is 6.07 Å². The second-order valence-electron chi connectivity index (χ2n) is 4.58. The third-order valence-corrected chi connectivity index (χ3v) is 3.34. The molecule has 0 aliphatic carbocycles. The fourth-order valence-electron chi connectivity index (χ4n) is 1.99. The zero-order valence-corrected chi connectivity index (χ0v) is 11.4. The molecular formula is C13H18ClFN2O2. The predicted molar refractivity (Wildman–Crippen MR) is 73.2 cm³/mol. The maximum atomic E-state index is 13.2. The normalized spacial score (nSPS) is 18.3. The highest BCUT2D eigenvalue weighted by molar-refractivity contribution is 6.30. The Bertz CT molecular complexity index is 414. The Morgan fingerprint density at radius 3 is 2.84 bits per heavy atom. The average Bonchev–Trinajstić information content (AvgIpc) is 2.41. The summed E-state index contributed by atoms with van der Waals surface area (Å²) in [5, 5.41) is 13.0. The van der Waals surface area contributed by atoms with Crippen molar-refractivity contribution in [3.63, 3.8) is 0 Å². The van der Waals surface area contributed by atoms with Crippen LogP contribution in [0.5, 0.6) is 0 Å². The lowest BCUT2D eigenvalue weighted by atomic mass is 10.2. The van der Waals surface area contributed by atoms with E-state index >= 15 is 0 Å². The van der Waals surface area contributed by atoms with Crippen molar-refractivity contribution in [2.24, 2.45) is 0 Å². The number of hydrogen-bond acceptors (Lipinski definition) is 4. The van der Waals surface area contributed by atoms with Gasteiger partial charge in [-0.2, -0.15) is 0 Å². The van der Waals surface area contributed by atoms with Crippen LogP contribution in [-0.2, 0) is 4.74 Å². The van der Waals surface area contributed by atoms with Gasteiger partial charge in [-0.1, -0.05) is 11.6 Å². The van der Waals surface area contributed by atoms with Gasteiger partial charge < -0.3 is 15.2 Å². The van der Waals surface area contributed by atoms with Crippen molar-refractivity contribution in [1.82, 2.24) is 4.90 Å². The summed E-state index contributed by atoms with van der Waals surface area (Å²) >= 11 is 5.60. The summed E-state index contributed by atoms with van der Waals surface area (Å²) in [7, 11) is 0. The lowest BCUT2D eigenvalue weighted by Gasteiger charge is -2.28. The lowest BCUT2D eigenvalue weighted by molar-refractivity contribution is 0.0171. The zero-order chi connectivity index (χ0) is 13.7. The molecule has 0 bridgehead atoms. The molecule has 1 fully saturated rings. The molecular weight excluding hydrogens is 271 g/mol. The molecule has 1 atom stereocenters. The Kier molecular flexibility index (Phi) is 5.39. The molecule has 1 saturated heterocycles. The quantitative estimate of drug-likeness (QED) is 0.864. The van der Waals surface area contributed by atoms with Crippen LogP contribution in [0.15, 0.2) is 18.2 Å². The van der Waals surface area contributed by atoms with Crippen LogP contribution < -0.4 is 5.32 Å². The van der Waals surface area contributed by atoms with Gasteiger partial charge in [-0.25, -0.2) is 4.39 Å². The monoisotopic (exact) mass is 288 g/mol. The van der Waals surface area contributed by atoms with Gasteiger partial charge in [0, 0.05) is 31.9 Å². The molecule has 19 heavy (non-hydrogen) atoms. The second kappa shape index (κ2) is 7.05. The van der Waals surface area contributed by atoms with Crippen LogP contribution in [0.25, 0.3) is 0 Å². The first-order valence-electron chi connectivity index (χ1n) is 6.32. The number of morpholine rings is 1. The summed E-state index contributed by atoms with van der Waals surface area (Å²) in [4.78, 5) is 2.15. The Morgan fingerprint density at radius 1 is 1.42 bits per heavy atom. The maximum absolute atomic E-state index is 13.2. The van der Waals surface area contributed by atoms with Crippen molar-refractivity contribution >= 4 is 17.3 Å². The van der Waals surface area contributed by atoms with Gasteiger partial charge in [-0.3, -0.25) is 4.90 Å². The Morgan fingerprint density at radius 2 is 2.16 bits per heavy atom. The molecule has 1 unspecified atom stereocenters. The number of halogens is 2. The van der Waals surface area contributed by atoms with E-state index in [2.05, 4.69) is 10.2 Å². The number of rotatable bonds is 5. The minimum atomic E-state index is -0.503. The van der Waals surface area contributed by atoms with Gasteiger partial charge in [0.1, 0.15) is 5.82 Å². The van der Waals surface area contributed by atoms with Crippen LogP contribution >= 0.6 is 11.6 Å². The summed E-state index contributed by atoms with van der Waals surface area (Å²) in [6, 6.07) is 4.50. The zero-order valence-electron chi connectivity index (χ0n) is 10.6. The minimum absolute atomic E-state index is 0.0967. The van der Waals surface area contributed by atoms with Crippen molar-refractivity contribution in [3.05, 3.63) is 29.0 Å². The standard InChI is InChI=1S/C13H18ClFN2O2/c14-12-2-1-10(7-13(12)15)16-8-11(18)9-17-3-5-19-6-4-17/h1-2,7,11,16,18H,3-6,8-9H2. The number of hydrogen-bond donors (Lipinski definition) is 2. The van der Waals surface area contributed by atoms with Gasteiger partial charge in [-0.05, 0) is 18.2 Å². The van der Waals surface area contributed by atoms with Crippen molar-refractivity contribution in [2.75, 3.05) is 44.7 Å². The molecule has 0 aromatic heterocycles. The molecule has 0 spiro atoms. The predicted octanol–water partition coefficient (Wildman–Crippen LogP) is 1.58. The van der Waals surface area contributed by atoms with Crippen LogP contribution in [0.4, 0.5) is 10.1 Å². The molecule has 4 nitrogen and oxygen atoms in total. The van der Waals surface area contributed by atoms with Gasteiger partial charge in [0.05, 0.1) is 24.3 Å². The van der Waals surface area contributed by atoms with Crippen molar-refractivity contribution in [2.45, 2.75) is 6.10 Å². The molecule has 6 heteroatoms. The number of aliphatic hydroxyl groups excluding tert-OH is 1. The highest BCUT2D eigenvalue weighted by Crippen LogP contribution is 2.18. The third-order valence-electron chi connectivity index (χ3n) is 3.03. The van der Waals surface area contributed by atoms with E-state index < -0.39 is 11.9 Å². The number of nitrogens with zero attached hydrogens (tertiary/aromatic N) is 1. The van der Waals surface area contributed by atoms with Crippen molar-refractivity contribution in [1.29, 1.82) is 0 Å². The number of aliphatic hydroxyl groups is 1. The van der Waals surface area contributed by atoms with E-state index in [0.717, 1.165) is 13.1 Å². The molecule has 1 aromatic carbocycles. The fraction of sp³-hybridized carbons (Fsp3) is 0.538. The Hall–Kier alpha value is -0.880. The van der Waals surface area contributed by atoms with Crippen molar-refractivity contribution in [3.8, 4) is 0 Å². The molecule has 1 aliphatic rings. The smallest absolute Gasteiger partial charge is 0.143 e. The van der Waals surface area contributed by atoms with Gasteiger partial charge in [-0.15, -0.1) is 0 Å². The minimum Gasteiger partial charge on any atom is -0.390 e. The van der Waals surface area contributed by atoms with Crippen LogP contribution in [-0.4, -0.2) is 55.5 Å². The van der Waals surface area contributed by atoms with Crippen LogP contribution in [0.3, 0.4) is 0 Å². The van der Waals surface area contributed by atoms with E-state index in [-0.39, 0.29) is 5.02 Å². The molecule has 1 aromatic rings. The van der Waals surface area contributed by atoms with E-state index in [1.807, 2.05) is 0 Å². The average molecular weight is 289 g/mol. The number of benzene rings is 1. The number of β-amino-alcohol motifs (C(OH)–C–C–N with tert-alkyl or cyclic N) is 1. The number of nitrogens with one attached hydrogen (secondary N) is 1. The number of anilines is 1. The van der Waals surface area contributed by atoms with Gasteiger partial charge in [0.15, 0.2) is 0 Å². The third kappa shape index (κ3) is 4.62. The highest BCUT2D eigenvalue weighted by atomic mass is 35.5. The molecule has 2 N–H and O–H groups in total. The van der Waals surface area contributed by atoms with E-state index in [1.165, 1.54) is 12.1 Å². The highest BCUT2D eigenvalue weighted by Gasteiger charge is 2.14. The molecule has 0 saturated carbocycles. The molecule has 0 radical (unpaired) electrons. The van der Waals surface area contributed by atoms with E-state index in [0.29, 0.717) is 32.0 Å². The molecule has 106 valence electrons. The van der Waals surface area contributed by atoms with Crippen LogP contribution in [0, 0.1) is 5.82 Å². The number of ether oxygens (including phenoxy) is 1. The van der Waals surface area contributed by atoms with E-state index in [4.69, 9.17) is 16.3 Å². The van der Waals surface area contributed by atoms with Gasteiger partial charge in [0.2, 0.25) is 0 Å². The van der Waals surface area contributed by atoms with Crippen molar-refractivity contribution < 1.29 is 14.2 Å². The fourth-order valence-corrected chi connectivity index (χ4v) is 2.11. The summed E-state index contributed by atoms with van der Waals surface area (Å²) in [5.74, 6) is -0.464. The first-order valence-corrected chi connectivity index (χ1v) is 6.70. The summed E-state index contributed by atoms with van der Waals surface area (Å²) in [6.07, 6.45) is -0.503. The maximum Gasteiger partial charge on any atom is 0.143 e. The molecule has 0 amide bonds. The van der Waals surface area contributed by atoms with Crippen LogP contribution in [0.2, 0.25) is 5.02 Å². The largest absolute Gasteiger partial charge is 0.390 e. The molecule has 2 rings (SSSR count). The summed E-state index contributed by atoms with van der Waals surface area (Å²) < 4.78 is 18.5. The Labute approximate surface area is 117 Å². The van der Waals surface area contributed by atoms with Crippen LogP contribution in [0.1, 0.15) is 0 Å². The second-order valence-corrected chi connectivity index (χ2v) is 4.98. The SMILES string of the molecule is OC(CNc1ccc(Cl)c(F)c1)CN1CCOCC1. The molecule has 1 heterocycles. The van der Waals surface area contributed by atoms with Gasteiger partial charge >= 0.3 is 0 Å². The lowest BCUT2D eigenvalue weighted by Crippen LogP contribution is -2.42. The molecule has 1 aliphatic heterocycles. The topological polar surface area (TPSA) is 44.7 Å². The Balaban J connectivity index is 1.75. The summed E-state index contributed by atoms with van der Waals surface area (Å²) in [5.41, 5.74) is 0.614. The first kappa shape index (κ1) is 14.5. The van der Waals surface area contributed by atoms with Gasteiger partial charge in [0.25, 0.3) is 0 Å². The summed E-state index contributed by atoms with van der Waals surface area (Å²) in [6.45, 7) is 4.06. The first-order chi connectivity index (χ1) is 9.15.